The van der Waals surface area contributed by atoms with Gasteiger partial charge in [0.2, 0.25) is 0 Å². The molecule has 0 aliphatic carbocycles. The Morgan fingerprint density at radius 2 is 2.00 bits per heavy atom. The van der Waals surface area contributed by atoms with Crippen LogP contribution >= 0.6 is 0 Å². The number of hydrogen-bond donors (Lipinski definition) is 0. The van der Waals surface area contributed by atoms with Gasteiger partial charge in [0, 0.05) is 19.3 Å². The molecule has 3 heterocycles. The van der Waals surface area contributed by atoms with E-state index in [0.29, 0.717) is 0 Å². The summed E-state index contributed by atoms with van der Waals surface area (Å²) in [7, 11) is 0. The number of anilines is 1. The Balaban J connectivity index is 2.08. The minimum Gasteiger partial charge on any atom is -0.368 e. The molecule has 0 unspecified atom stereocenters. The van der Waals surface area contributed by atoms with Gasteiger partial charge in [-0.15, -0.1) is 5.10 Å². The van der Waals surface area contributed by atoms with Crippen LogP contribution in [0.5, 0.6) is 0 Å². The summed E-state index contributed by atoms with van der Waals surface area (Å²) in [5, 5.41) is 8.15. The van der Waals surface area contributed by atoms with E-state index < -0.39 is 0 Å². The molecule has 0 bridgehead atoms. The molecule has 1 fully saturated rings. The van der Waals surface area contributed by atoms with Gasteiger partial charge in [0.15, 0.2) is 0 Å². The van der Waals surface area contributed by atoms with Gasteiger partial charge in [-0.2, -0.15) is 5.10 Å². The molecule has 82 valence electrons. The van der Waals surface area contributed by atoms with Crippen LogP contribution in [0.3, 0.4) is 0 Å². The van der Waals surface area contributed by atoms with E-state index in [-0.39, 0.29) is 0 Å². The molecule has 1 aliphatic heterocycles. The second-order valence-electron chi connectivity index (χ2n) is 4.15. The van der Waals surface area contributed by atoms with Crippen LogP contribution in [0.15, 0.2) is 24.5 Å². The van der Waals surface area contributed by atoms with Crippen molar-refractivity contribution in [3.05, 3.63) is 24.5 Å². The fraction of sp³-hybridized carbons (Fsp3) is 0.417. The SMILES string of the molecule is c1cnc2c(N3CCCCC3)cnnc2c1. The maximum Gasteiger partial charge on any atom is 0.115 e. The van der Waals surface area contributed by atoms with Crippen molar-refractivity contribution in [2.45, 2.75) is 19.3 Å². The lowest BCUT2D eigenvalue weighted by molar-refractivity contribution is 0.578. The van der Waals surface area contributed by atoms with E-state index in [1.165, 1.54) is 19.3 Å². The van der Waals surface area contributed by atoms with Gasteiger partial charge < -0.3 is 4.90 Å². The van der Waals surface area contributed by atoms with Crippen LogP contribution in [0, 0.1) is 0 Å². The Morgan fingerprint density at radius 3 is 2.88 bits per heavy atom. The Bertz CT molecular complexity index is 486. The number of nitrogens with zero attached hydrogens (tertiary/aromatic N) is 4. The Labute approximate surface area is 94.3 Å². The molecule has 4 heteroatoms. The molecule has 2 aromatic heterocycles. The first-order chi connectivity index (χ1) is 7.95. The van der Waals surface area contributed by atoms with Crippen molar-refractivity contribution in [2.75, 3.05) is 18.0 Å². The zero-order valence-electron chi connectivity index (χ0n) is 9.13. The van der Waals surface area contributed by atoms with Crippen LogP contribution in [0.2, 0.25) is 0 Å². The maximum absolute atomic E-state index is 4.41. The second-order valence-corrected chi connectivity index (χ2v) is 4.15. The van der Waals surface area contributed by atoms with Crippen molar-refractivity contribution >= 4 is 16.7 Å². The molecule has 2 aromatic rings. The molecular weight excluding hydrogens is 200 g/mol. The molecule has 0 aromatic carbocycles. The summed E-state index contributed by atoms with van der Waals surface area (Å²) in [6, 6.07) is 3.86. The maximum atomic E-state index is 4.41. The highest BCUT2D eigenvalue weighted by atomic mass is 15.2. The number of aromatic nitrogens is 3. The lowest BCUT2D eigenvalue weighted by Gasteiger charge is -2.28. The first-order valence-electron chi connectivity index (χ1n) is 5.76. The average molecular weight is 214 g/mol. The van der Waals surface area contributed by atoms with E-state index in [1.807, 2.05) is 24.5 Å². The highest BCUT2D eigenvalue weighted by Crippen LogP contribution is 2.24. The standard InChI is InChI=1S/C12H14N4/c1-2-7-16(8-3-1)11-9-14-15-10-5-4-6-13-12(10)11/h4-6,9H,1-3,7-8H2. The molecule has 1 aliphatic rings. The van der Waals surface area contributed by atoms with Crippen LogP contribution in [0.4, 0.5) is 5.69 Å². The summed E-state index contributed by atoms with van der Waals surface area (Å²) in [6.07, 6.45) is 7.51. The predicted molar refractivity (Wildman–Crippen MR) is 63.4 cm³/mol. The largest absolute Gasteiger partial charge is 0.368 e. The average Bonchev–Trinajstić information content (AvgIpc) is 2.39. The third-order valence-electron chi connectivity index (χ3n) is 3.07. The molecule has 1 saturated heterocycles. The smallest absolute Gasteiger partial charge is 0.115 e. The number of pyridine rings is 1. The number of hydrogen-bond acceptors (Lipinski definition) is 4. The quantitative estimate of drug-likeness (QED) is 0.728. The van der Waals surface area contributed by atoms with E-state index in [2.05, 4.69) is 20.1 Å². The molecule has 16 heavy (non-hydrogen) atoms. The van der Waals surface area contributed by atoms with Crippen LogP contribution in [0.25, 0.3) is 11.0 Å². The van der Waals surface area contributed by atoms with Crippen LogP contribution in [-0.2, 0) is 0 Å². The lowest BCUT2D eigenvalue weighted by atomic mass is 10.1. The van der Waals surface area contributed by atoms with Crippen LogP contribution < -0.4 is 4.90 Å². The summed E-state index contributed by atoms with van der Waals surface area (Å²) in [4.78, 5) is 6.78. The molecule has 0 saturated carbocycles. The highest BCUT2D eigenvalue weighted by molar-refractivity contribution is 5.86. The van der Waals surface area contributed by atoms with Gasteiger partial charge >= 0.3 is 0 Å². The highest BCUT2D eigenvalue weighted by Gasteiger charge is 2.14. The molecule has 0 atom stereocenters. The van der Waals surface area contributed by atoms with Crippen molar-refractivity contribution in [2.24, 2.45) is 0 Å². The first kappa shape index (κ1) is 9.51. The second kappa shape index (κ2) is 4.04. The van der Waals surface area contributed by atoms with Crippen molar-refractivity contribution in [1.29, 1.82) is 0 Å². The van der Waals surface area contributed by atoms with E-state index in [0.717, 1.165) is 29.8 Å². The number of piperidine rings is 1. The zero-order chi connectivity index (χ0) is 10.8. The minimum absolute atomic E-state index is 0.880. The van der Waals surface area contributed by atoms with Gasteiger partial charge in [-0.25, -0.2) is 0 Å². The molecule has 3 rings (SSSR count). The third-order valence-corrected chi connectivity index (χ3v) is 3.07. The fourth-order valence-electron chi connectivity index (χ4n) is 2.25. The van der Waals surface area contributed by atoms with Crippen molar-refractivity contribution in [3.8, 4) is 0 Å². The van der Waals surface area contributed by atoms with Crippen LogP contribution in [0.1, 0.15) is 19.3 Å². The summed E-state index contributed by atoms with van der Waals surface area (Å²) in [5.74, 6) is 0. The van der Waals surface area contributed by atoms with E-state index in [1.54, 1.807) is 0 Å². The minimum atomic E-state index is 0.880. The molecular formula is C12H14N4. The summed E-state index contributed by atoms with van der Waals surface area (Å²) >= 11 is 0. The predicted octanol–water partition coefficient (Wildman–Crippen LogP) is 2.02. The molecule has 0 N–H and O–H groups in total. The monoisotopic (exact) mass is 214 g/mol. The van der Waals surface area contributed by atoms with Gasteiger partial charge in [0.05, 0.1) is 11.9 Å². The van der Waals surface area contributed by atoms with Crippen molar-refractivity contribution < 1.29 is 0 Å². The molecule has 4 nitrogen and oxygen atoms in total. The van der Waals surface area contributed by atoms with Gasteiger partial charge in [0.1, 0.15) is 11.0 Å². The van der Waals surface area contributed by atoms with E-state index >= 15 is 0 Å². The molecule has 0 amide bonds. The van der Waals surface area contributed by atoms with E-state index in [4.69, 9.17) is 0 Å². The zero-order valence-corrected chi connectivity index (χ0v) is 9.13. The van der Waals surface area contributed by atoms with Crippen LogP contribution in [-0.4, -0.2) is 28.3 Å². The Morgan fingerprint density at radius 1 is 1.12 bits per heavy atom. The first-order valence-corrected chi connectivity index (χ1v) is 5.76. The van der Waals surface area contributed by atoms with Gasteiger partial charge in [-0.05, 0) is 31.4 Å². The van der Waals surface area contributed by atoms with Gasteiger partial charge in [-0.1, -0.05) is 0 Å². The third kappa shape index (κ3) is 1.60. The fourth-order valence-corrected chi connectivity index (χ4v) is 2.25. The number of rotatable bonds is 1. The van der Waals surface area contributed by atoms with Crippen molar-refractivity contribution in [3.63, 3.8) is 0 Å². The van der Waals surface area contributed by atoms with Gasteiger partial charge in [-0.3, -0.25) is 4.98 Å². The summed E-state index contributed by atoms with van der Waals surface area (Å²) < 4.78 is 0. The van der Waals surface area contributed by atoms with E-state index in [9.17, 15) is 0 Å². The van der Waals surface area contributed by atoms with Crippen molar-refractivity contribution in [1.82, 2.24) is 15.2 Å². The number of fused-ring (bicyclic) bond motifs is 1. The summed E-state index contributed by atoms with van der Waals surface area (Å²) in [6.45, 7) is 2.22. The van der Waals surface area contributed by atoms with Gasteiger partial charge in [0.25, 0.3) is 0 Å². The Kier molecular flexibility index (Phi) is 2.40. The normalized spacial score (nSPS) is 16.6. The lowest BCUT2D eigenvalue weighted by Crippen LogP contribution is -2.29. The topological polar surface area (TPSA) is 41.9 Å². The molecule has 0 radical (unpaired) electrons. The summed E-state index contributed by atoms with van der Waals surface area (Å²) in [5.41, 5.74) is 2.98. The Hall–Kier alpha value is -1.71. The molecule has 0 spiro atoms.